The third-order valence-corrected chi connectivity index (χ3v) is 6.93. The Kier molecular flexibility index (Phi) is 5.95. The number of fused-ring (bicyclic) bond motifs is 2. The van der Waals surface area contributed by atoms with Crippen LogP contribution >= 0.6 is 0 Å². The Morgan fingerprint density at radius 2 is 1.86 bits per heavy atom. The van der Waals surface area contributed by atoms with Gasteiger partial charge in [-0.05, 0) is 90.0 Å². The van der Waals surface area contributed by atoms with Crippen LogP contribution in [0.4, 0.5) is 15.9 Å². The summed E-state index contributed by atoms with van der Waals surface area (Å²) in [7, 11) is 4.24. The molecule has 1 aromatic carbocycles. The predicted octanol–water partition coefficient (Wildman–Crippen LogP) is 5.14. The van der Waals surface area contributed by atoms with E-state index >= 15 is 0 Å². The van der Waals surface area contributed by atoms with Crippen LogP contribution in [0, 0.1) is 0 Å². The highest BCUT2D eigenvalue weighted by atomic mass is 19.1. The highest BCUT2D eigenvalue weighted by Gasteiger charge is 2.25. The molecule has 0 amide bonds. The van der Waals surface area contributed by atoms with Gasteiger partial charge in [0.2, 0.25) is 0 Å². The second-order valence-electron chi connectivity index (χ2n) is 10.6. The molecular formula is C28H33FN6O. The summed E-state index contributed by atoms with van der Waals surface area (Å²) in [5.74, 6) is 1.12. The van der Waals surface area contributed by atoms with Crippen molar-refractivity contribution in [3.63, 3.8) is 0 Å². The summed E-state index contributed by atoms with van der Waals surface area (Å²) in [6, 6.07) is 13.9. The van der Waals surface area contributed by atoms with Gasteiger partial charge in [-0.25, -0.2) is 23.7 Å². The van der Waals surface area contributed by atoms with Crippen LogP contribution in [0.5, 0.6) is 0 Å². The fraction of sp³-hybridized carbons (Fsp3) is 0.393. The van der Waals surface area contributed by atoms with E-state index in [4.69, 9.17) is 0 Å². The summed E-state index contributed by atoms with van der Waals surface area (Å²) in [6.07, 6.45) is 3.69. The third-order valence-electron chi connectivity index (χ3n) is 6.93. The number of aromatic nitrogens is 4. The minimum Gasteiger partial charge on any atom is -0.340 e. The van der Waals surface area contributed by atoms with Crippen molar-refractivity contribution in [1.29, 1.82) is 0 Å². The van der Waals surface area contributed by atoms with E-state index in [2.05, 4.69) is 52.5 Å². The van der Waals surface area contributed by atoms with Gasteiger partial charge < -0.3 is 10.2 Å². The van der Waals surface area contributed by atoms with Crippen molar-refractivity contribution in [3.8, 4) is 5.82 Å². The number of pyridine rings is 2. The maximum Gasteiger partial charge on any atom is 0.276 e. The van der Waals surface area contributed by atoms with Gasteiger partial charge in [0.1, 0.15) is 11.5 Å². The molecule has 4 aromatic rings. The van der Waals surface area contributed by atoms with Gasteiger partial charge in [-0.1, -0.05) is 12.1 Å². The number of nitrogens with zero attached hydrogens (tertiary/aromatic N) is 5. The Morgan fingerprint density at radius 1 is 1.11 bits per heavy atom. The van der Waals surface area contributed by atoms with Gasteiger partial charge >= 0.3 is 0 Å². The van der Waals surface area contributed by atoms with Gasteiger partial charge in [-0.2, -0.15) is 0 Å². The molecular weight excluding hydrogens is 455 g/mol. The van der Waals surface area contributed by atoms with Gasteiger partial charge in [-0.3, -0.25) is 4.79 Å². The molecule has 0 fully saturated rings. The molecule has 0 saturated heterocycles. The van der Waals surface area contributed by atoms with Crippen molar-refractivity contribution >= 4 is 22.4 Å². The molecule has 8 heteroatoms. The number of benzene rings is 1. The van der Waals surface area contributed by atoms with Crippen LogP contribution in [0.25, 0.3) is 16.7 Å². The van der Waals surface area contributed by atoms with E-state index in [9.17, 15) is 9.18 Å². The monoisotopic (exact) mass is 488 g/mol. The highest BCUT2D eigenvalue weighted by molar-refractivity contribution is 5.82. The van der Waals surface area contributed by atoms with Crippen LogP contribution in [0.15, 0.2) is 53.5 Å². The molecule has 1 N–H and O–H groups in total. The molecule has 0 spiro atoms. The molecule has 3 aromatic heterocycles. The first-order chi connectivity index (χ1) is 17.0. The molecule has 1 aliphatic carbocycles. The summed E-state index contributed by atoms with van der Waals surface area (Å²) in [4.78, 5) is 24.7. The molecule has 5 rings (SSSR count). The zero-order valence-corrected chi connectivity index (χ0v) is 21.7. The lowest BCUT2D eigenvalue weighted by atomic mass is 10.1. The first-order valence-electron chi connectivity index (χ1n) is 12.4. The van der Waals surface area contributed by atoms with Crippen molar-refractivity contribution in [2.75, 3.05) is 19.4 Å². The molecule has 0 saturated carbocycles. The van der Waals surface area contributed by atoms with E-state index < -0.39 is 5.67 Å². The number of nitrogens with one attached hydrogen (secondary N) is 1. The topological polar surface area (TPSA) is 68.0 Å². The Morgan fingerprint density at radius 3 is 2.56 bits per heavy atom. The van der Waals surface area contributed by atoms with Gasteiger partial charge in [0.25, 0.3) is 5.56 Å². The Bertz CT molecular complexity index is 1490. The number of halogens is 1. The predicted molar refractivity (Wildman–Crippen MR) is 142 cm³/mol. The van der Waals surface area contributed by atoms with Crippen LogP contribution in [0.2, 0.25) is 0 Å². The number of rotatable bonds is 6. The smallest absolute Gasteiger partial charge is 0.276 e. The van der Waals surface area contributed by atoms with E-state index in [1.807, 2.05) is 19.9 Å². The van der Waals surface area contributed by atoms with E-state index in [0.29, 0.717) is 34.3 Å². The van der Waals surface area contributed by atoms with Crippen LogP contribution < -0.4 is 10.9 Å². The van der Waals surface area contributed by atoms with Gasteiger partial charge in [0.15, 0.2) is 5.82 Å². The van der Waals surface area contributed by atoms with Gasteiger partial charge in [0, 0.05) is 30.0 Å². The molecule has 7 nitrogen and oxygen atoms in total. The van der Waals surface area contributed by atoms with Crippen LogP contribution in [-0.4, -0.2) is 44.4 Å². The van der Waals surface area contributed by atoms with Crippen molar-refractivity contribution < 1.29 is 4.39 Å². The first kappa shape index (κ1) is 24.2. The average molecular weight is 489 g/mol. The molecule has 36 heavy (non-hydrogen) atoms. The zero-order chi connectivity index (χ0) is 25.8. The van der Waals surface area contributed by atoms with Crippen molar-refractivity contribution in [1.82, 2.24) is 24.2 Å². The minimum absolute atomic E-state index is 0.133. The molecule has 1 aliphatic rings. The molecule has 0 radical (unpaired) electrons. The normalized spacial score (nSPS) is 15.8. The summed E-state index contributed by atoms with van der Waals surface area (Å²) in [6.45, 7) is 6.84. The van der Waals surface area contributed by atoms with Crippen molar-refractivity contribution in [3.05, 3.63) is 75.8 Å². The fourth-order valence-corrected chi connectivity index (χ4v) is 4.94. The van der Waals surface area contributed by atoms with Gasteiger partial charge in [-0.15, -0.1) is 0 Å². The molecule has 0 aliphatic heterocycles. The lowest BCUT2D eigenvalue weighted by Gasteiger charge is -2.18. The summed E-state index contributed by atoms with van der Waals surface area (Å²) >= 11 is 0. The number of likely N-dealkylation sites (N-methyl/N-ethyl adjacent to an activating group) is 1. The lowest BCUT2D eigenvalue weighted by molar-refractivity contribution is 0.214. The average Bonchev–Trinajstić information content (AvgIpc) is 3.37. The molecule has 3 heterocycles. The van der Waals surface area contributed by atoms with Crippen molar-refractivity contribution in [2.45, 2.75) is 58.3 Å². The third kappa shape index (κ3) is 4.30. The highest BCUT2D eigenvalue weighted by Crippen LogP contribution is 2.30. The summed E-state index contributed by atoms with van der Waals surface area (Å²) in [5, 5.41) is 3.90. The molecule has 0 bridgehead atoms. The molecule has 1 unspecified atom stereocenters. The zero-order valence-electron chi connectivity index (χ0n) is 21.7. The first-order valence-corrected chi connectivity index (χ1v) is 12.4. The Hall–Kier alpha value is -3.52. The van der Waals surface area contributed by atoms with Gasteiger partial charge in [0.05, 0.1) is 16.6 Å². The standard InChI is InChI=1S/C28H33FN6O/c1-17(2)34-27(36)22-16-30-25(31-20-11-10-18-13-21(33(5)6)14-19(18)12-20)15-23(22)35(34)26-9-7-8-24(32-26)28(3,4)29/h7-12,15-17,21H,13-14H2,1-6H3,(H,30,31). The second kappa shape index (κ2) is 8.85. The SMILES string of the molecule is CC(C)n1c(=O)c2cnc(Nc3ccc4c(c3)CC(N(C)C)C4)cc2n1-c1cccc(C(C)(C)F)n1. The molecule has 188 valence electrons. The quantitative estimate of drug-likeness (QED) is 0.407. The van der Waals surface area contributed by atoms with Crippen LogP contribution in [-0.2, 0) is 18.5 Å². The maximum atomic E-state index is 14.7. The molecule has 1 atom stereocenters. The van der Waals surface area contributed by atoms with E-state index in [1.54, 1.807) is 33.8 Å². The number of hydrogen-bond donors (Lipinski definition) is 1. The van der Waals surface area contributed by atoms with Crippen molar-refractivity contribution in [2.24, 2.45) is 0 Å². The van der Waals surface area contributed by atoms with Crippen LogP contribution in [0.1, 0.15) is 50.6 Å². The van der Waals surface area contributed by atoms with Crippen LogP contribution in [0.3, 0.4) is 0 Å². The fourth-order valence-electron chi connectivity index (χ4n) is 4.94. The number of anilines is 2. The summed E-state index contributed by atoms with van der Waals surface area (Å²) in [5.41, 5.74) is 2.90. The maximum absolute atomic E-state index is 14.7. The van der Waals surface area contributed by atoms with E-state index in [-0.39, 0.29) is 11.6 Å². The minimum atomic E-state index is -1.60. The number of hydrogen-bond acceptors (Lipinski definition) is 5. The number of alkyl halides is 1. The largest absolute Gasteiger partial charge is 0.340 e. The Labute approximate surface area is 210 Å². The second-order valence-corrected chi connectivity index (χ2v) is 10.6. The lowest BCUT2D eigenvalue weighted by Crippen LogP contribution is -2.27. The van der Waals surface area contributed by atoms with E-state index in [0.717, 1.165) is 18.5 Å². The Balaban J connectivity index is 1.58. The van der Waals surface area contributed by atoms with E-state index in [1.165, 1.54) is 25.0 Å². The summed E-state index contributed by atoms with van der Waals surface area (Å²) < 4.78 is 18.1.